The van der Waals surface area contributed by atoms with Gasteiger partial charge in [0.05, 0.1) is 11.2 Å². The van der Waals surface area contributed by atoms with E-state index < -0.39 is 0 Å². The van der Waals surface area contributed by atoms with E-state index in [-0.39, 0.29) is 5.75 Å². The van der Waals surface area contributed by atoms with Crippen molar-refractivity contribution in [1.29, 1.82) is 0 Å². The molecule has 0 saturated heterocycles. The Kier molecular flexibility index (Phi) is 3.61. The summed E-state index contributed by atoms with van der Waals surface area (Å²) in [5.74, 6) is 0.282. The van der Waals surface area contributed by atoms with Crippen molar-refractivity contribution in [2.45, 2.75) is 13.1 Å². The van der Waals surface area contributed by atoms with E-state index in [0.29, 0.717) is 12.2 Å². The van der Waals surface area contributed by atoms with Gasteiger partial charge in [-0.25, -0.2) is 4.98 Å². The number of phenols is 1. The fourth-order valence-corrected chi connectivity index (χ4v) is 2.22. The first-order chi connectivity index (χ1) is 8.15. The van der Waals surface area contributed by atoms with Gasteiger partial charge in [-0.1, -0.05) is 0 Å². The monoisotopic (exact) mass is 249 g/mol. The smallest absolute Gasteiger partial charge is 0.120 e. The minimum atomic E-state index is 0.282. The fourth-order valence-electron chi connectivity index (χ4n) is 1.67. The summed E-state index contributed by atoms with van der Waals surface area (Å²) in [6.07, 6.45) is 0. The van der Waals surface area contributed by atoms with Gasteiger partial charge >= 0.3 is 0 Å². The maximum absolute atomic E-state index is 9.71. The molecular formula is C12H15N3OS. The topological polar surface area (TPSA) is 62.4 Å². The number of rotatable bonds is 4. The highest BCUT2D eigenvalue weighted by molar-refractivity contribution is 7.07. The van der Waals surface area contributed by atoms with Crippen LogP contribution in [0.4, 0.5) is 5.69 Å². The van der Waals surface area contributed by atoms with Gasteiger partial charge in [-0.15, -0.1) is 11.3 Å². The van der Waals surface area contributed by atoms with Crippen molar-refractivity contribution in [2.75, 3.05) is 12.8 Å². The molecule has 5 heteroatoms. The Hall–Kier alpha value is -1.59. The molecule has 1 aromatic carbocycles. The molecule has 4 nitrogen and oxygen atoms in total. The average molecular weight is 249 g/mol. The number of anilines is 1. The summed E-state index contributed by atoms with van der Waals surface area (Å²) in [4.78, 5) is 6.31. The molecule has 3 N–H and O–H groups in total. The van der Waals surface area contributed by atoms with Gasteiger partial charge in [-0.3, -0.25) is 4.90 Å². The van der Waals surface area contributed by atoms with E-state index in [2.05, 4.69) is 9.88 Å². The third-order valence-corrected chi connectivity index (χ3v) is 3.09. The van der Waals surface area contributed by atoms with Crippen molar-refractivity contribution in [1.82, 2.24) is 9.88 Å². The second kappa shape index (κ2) is 5.16. The molecule has 2 aromatic rings. The second-order valence-electron chi connectivity index (χ2n) is 4.04. The molecule has 17 heavy (non-hydrogen) atoms. The number of hydrogen-bond acceptors (Lipinski definition) is 5. The van der Waals surface area contributed by atoms with Crippen LogP contribution in [0, 0.1) is 0 Å². The van der Waals surface area contributed by atoms with Crippen LogP contribution in [-0.2, 0) is 13.1 Å². The molecule has 1 aromatic heterocycles. The minimum Gasteiger partial charge on any atom is -0.508 e. The molecule has 90 valence electrons. The third-order valence-electron chi connectivity index (χ3n) is 2.46. The van der Waals surface area contributed by atoms with E-state index >= 15 is 0 Å². The van der Waals surface area contributed by atoms with E-state index in [1.807, 2.05) is 17.9 Å². The molecule has 0 fully saturated rings. The molecular weight excluding hydrogens is 234 g/mol. The van der Waals surface area contributed by atoms with Gasteiger partial charge < -0.3 is 10.8 Å². The van der Waals surface area contributed by atoms with E-state index in [0.717, 1.165) is 17.8 Å². The first kappa shape index (κ1) is 11.9. The number of nitrogens with two attached hydrogens (primary N) is 1. The fraction of sp³-hybridized carbons (Fsp3) is 0.250. The number of nitrogen functional groups attached to an aromatic ring is 1. The van der Waals surface area contributed by atoms with E-state index in [1.165, 1.54) is 0 Å². The van der Waals surface area contributed by atoms with Crippen molar-refractivity contribution in [3.63, 3.8) is 0 Å². The third kappa shape index (κ3) is 3.18. The van der Waals surface area contributed by atoms with Gasteiger partial charge in [0.25, 0.3) is 0 Å². The second-order valence-corrected chi connectivity index (χ2v) is 4.76. The highest BCUT2D eigenvalue weighted by Crippen LogP contribution is 2.21. The van der Waals surface area contributed by atoms with E-state index in [9.17, 15) is 5.11 Å². The predicted octanol–water partition coefficient (Wildman–Crippen LogP) is 2.06. The number of hydrogen-bond donors (Lipinski definition) is 2. The van der Waals surface area contributed by atoms with Crippen LogP contribution in [0.3, 0.4) is 0 Å². The number of nitrogens with zero attached hydrogens (tertiary/aromatic N) is 2. The number of benzene rings is 1. The van der Waals surface area contributed by atoms with E-state index in [1.54, 1.807) is 29.5 Å². The average Bonchev–Trinajstić information content (AvgIpc) is 2.76. The zero-order chi connectivity index (χ0) is 12.3. The molecule has 0 aliphatic rings. The van der Waals surface area contributed by atoms with Crippen LogP contribution in [0.15, 0.2) is 29.1 Å². The summed E-state index contributed by atoms with van der Waals surface area (Å²) in [6, 6.07) is 5.12. The Morgan fingerprint density at radius 3 is 2.94 bits per heavy atom. The Morgan fingerprint density at radius 1 is 1.41 bits per heavy atom. The van der Waals surface area contributed by atoms with Crippen LogP contribution in [0.2, 0.25) is 0 Å². The molecule has 0 spiro atoms. The Labute approximate surface area is 104 Å². The lowest BCUT2D eigenvalue weighted by Gasteiger charge is -2.16. The lowest BCUT2D eigenvalue weighted by atomic mass is 10.1. The van der Waals surface area contributed by atoms with Crippen LogP contribution in [0.5, 0.6) is 5.75 Å². The molecule has 0 bridgehead atoms. The van der Waals surface area contributed by atoms with Gasteiger partial charge in [0.1, 0.15) is 5.75 Å². The van der Waals surface area contributed by atoms with Crippen molar-refractivity contribution in [3.05, 3.63) is 40.3 Å². The summed E-state index contributed by atoms with van der Waals surface area (Å²) in [7, 11) is 1.99. The number of thiazole rings is 1. The van der Waals surface area contributed by atoms with Gasteiger partial charge in [0.15, 0.2) is 0 Å². The van der Waals surface area contributed by atoms with Gasteiger partial charge in [-0.05, 0) is 25.2 Å². The van der Waals surface area contributed by atoms with Crippen LogP contribution in [-0.4, -0.2) is 22.0 Å². The largest absolute Gasteiger partial charge is 0.508 e. The normalized spacial score (nSPS) is 10.9. The Bertz CT molecular complexity index is 485. The van der Waals surface area contributed by atoms with Crippen LogP contribution in [0.25, 0.3) is 0 Å². The van der Waals surface area contributed by atoms with Gasteiger partial charge in [0.2, 0.25) is 0 Å². The molecule has 1 heterocycles. The molecule has 0 unspecified atom stereocenters. The lowest BCUT2D eigenvalue weighted by Crippen LogP contribution is -2.17. The van der Waals surface area contributed by atoms with Crippen molar-refractivity contribution in [3.8, 4) is 5.75 Å². The first-order valence-corrected chi connectivity index (χ1v) is 6.22. The SMILES string of the molecule is CN(Cc1cscn1)Cc1cc(N)ccc1O. The molecule has 2 rings (SSSR count). The molecule has 0 atom stereocenters. The van der Waals surface area contributed by atoms with Crippen molar-refractivity contribution in [2.24, 2.45) is 0 Å². The minimum absolute atomic E-state index is 0.282. The first-order valence-electron chi connectivity index (χ1n) is 5.28. The van der Waals surface area contributed by atoms with Gasteiger partial charge in [0, 0.05) is 29.7 Å². The summed E-state index contributed by atoms with van der Waals surface area (Å²) in [5, 5.41) is 11.7. The zero-order valence-corrected chi connectivity index (χ0v) is 10.4. The Balaban J connectivity index is 2.02. The zero-order valence-electron chi connectivity index (χ0n) is 9.63. The lowest BCUT2D eigenvalue weighted by molar-refractivity contribution is 0.309. The van der Waals surface area contributed by atoms with Crippen LogP contribution < -0.4 is 5.73 Å². The molecule has 0 aliphatic heterocycles. The van der Waals surface area contributed by atoms with Gasteiger partial charge in [-0.2, -0.15) is 0 Å². The Morgan fingerprint density at radius 2 is 2.24 bits per heavy atom. The highest BCUT2D eigenvalue weighted by atomic mass is 32.1. The summed E-state index contributed by atoms with van der Waals surface area (Å²) < 4.78 is 0. The maximum Gasteiger partial charge on any atom is 0.120 e. The molecule has 0 aliphatic carbocycles. The van der Waals surface area contributed by atoms with Crippen LogP contribution in [0.1, 0.15) is 11.3 Å². The summed E-state index contributed by atoms with van der Waals surface area (Å²) in [5.41, 5.74) is 10.1. The highest BCUT2D eigenvalue weighted by Gasteiger charge is 2.07. The van der Waals surface area contributed by atoms with Crippen molar-refractivity contribution >= 4 is 17.0 Å². The van der Waals surface area contributed by atoms with Crippen molar-refractivity contribution < 1.29 is 5.11 Å². The summed E-state index contributed by atoms with van der Waals surface area (Å²) in [6.45, 7) is 1.41. The summed E-state index contributed by atoms with van der Waals surface area (Å²) >= 11 is 1.59. The standard InChI is InChI=1S/C12H15N3OS/c1-15(6-11-7-17-8-14-11)5-9-4-10(13)2-3-12(9)16/h2-4,7-8,16H,5-6,13H2,1H3. The van der Waals surface area contributed by atoms with Crippen LogP contribution >= 0.6 is 11.3 Å². The molecule has 0 saturated carbocycles. The maximum atomic E-state index is 9.71. The molecule has 0 amide bonds. The number of aromatic nitrogens is 1. The number of phenolic OH excluding ortho intramolecular Hbond substituents is 1. The quantitative estimate of drug-likeness (QED) is 0.643. The molecule has 0 radical (unpaired) electrons. The van der Waals surface area contributed by atoms with E-state index in [4.69, 9.17) is 5.73 Å². The predicted molar refractivity (Wildman–Crippen MR) is 69.8 cm³/mol. The number of aromatic hydroxyl groups is 1.